The van der Waals surface area contributed by atoms with Crippen molar-refractivity contribution in [3.8, 4) is 0 Å². The maximum atomic E-state index is 9.36. The number of rotatable bonds is 0. The molecule has 2 rings (SSSR count). The van der Waals surface area contributed by atoms with Gasteiger partial charge in [0.1, 0.15) is 0 Å². The minimum atomic E-state index is -0.304. The van der Waals surface area contributed by atoms with Crippen LogP contribution in [0.5, 0.6) is 0 Å². The number of nitrogens with one attached hydrogen (secondary N) is 1. The first-order valence-corrected chi connectivity index (χ1v) is 4.06. The van der Waals surface area contributed by atoms with E-state index in [0.29, 0.717) is 13.0 Å². The fraction of sp³-hybridized carbons (Fsp3) is 0.333. The van der Waals surface area contributed by atoms with Crippen LogP contribution in [-0.4, -0.2) is 17.8 Å². The average Bonchev–Trinajstić information content (AvgIpc) is 2.07. The van der Waals surface area contributed by atoms with Gasteiger partial charge in [-0.15, -0.1) is 0 Å². The average molecular weight is 164 g/mol. The van der Waals surface area contributed by atoms with Gasteiger partial charge in [-0.25, -0.2) is 0 Å². The van der Waals surface area contributed by atoms with Crippen molar-refractivity contribution < 1.29 is 5.11 Å². The van der Waals surface area contributed by atoms with Crippen LogP contribution in [0.3, 0.4) is 0 Å². The first kappa shape index (κ1) is 7.43. The summed E-state index contributed by atoms with van der Waals surface area (Å²) in [5, 5.41) is 12.5. The molecule has 0 spiro atoms. The SMILES string of the molecule is Nc1cccc2c1C[C@@H](O)CN2. The molecule has 0 bridgehead atoms. The standard InChI is InChI=1S/C9H12N2O/c10-8-2-1-3-9-7(8)4-6(12)5-11-9/h1-3,6,11-12H,4-5,10H2/t6-/m1/s1. The molecule has 0 aliphatic carbocycles. The van der Waals surface area contributed by atoms with Gasteiger partial charge in [0.25, 0.3) is 0 Å². The summed E-state index contributed by atoms with van der Waals surface area (Å²) in [6.07, 6.45) is 0.358. The number of nitrogens with two attached hydrogens (primary N) is 1. The molecule has 4 N–H and O–H groups in total. The van der Waals surface area contributed by atoms with Gasteiger partial charge in [0, 0.05) is 29.9 Å². The molecule has 0 unspecified atom stereocenters. The third kappa shape index (κ3) is 1.12. The number of benzene rings is 1. The molecule has 1 aromatic rings. The second-order valence-corrected chi connectivity index (χ2v) is 3.11. The first-order valence-electron chi connectivity index (χ1n) is 4.06. The Morgan fingerprint density at radius 2 is 2.33 bits per heavy atom. The van der Waals surface area contributed by atoms with Crippen LogP contribution in [-0.2, 0) is 6.42 Å². The Balaban J connectivity index is 2.43. The van der Waals surface area contributed by atoms with Crippen molar-refractivity contribution in [2.24, 2.45) is 0 Å². The van der Waals surface area contributed by atoms with E-state index in [4.69, 9.17) is 5.73 Å². The van der Waals surface area contributed by atoms with Crippen molar-refractivity contribution in [3.05, 3.63) is 23.8 Å². The van der Waals surface area contributed by atoms with Crippen LogP contribution in [0.15, 0.2) is 18.2 Å². The summed E-state index contributed by atoms with van der Waals surface area (Å²) in [6, 6.07) is 5.76. The predicted octanol–water partition coefficient (Wildman–Crippen LogP) is 0.598. The number of β-amino-alcohol motifs (C(OH)–C–C–N with tert-alkyl or cyclic N) is 1. The molecule has 1 aliphatic rings. The molecule has 1 heterocycles. The lowest BCUT2D eigenvalue weighted by Gasteiger charge is -2.23. The summed E-state index contributed by atoms with van der Waals surface area (Å²) in [5.41, 5.74) is 8.61. The number of hydrogen-bond acceptors (Lipinski definition) is 3. The molecule has 64 valence electrons. The first-order chi connectivity index (χ1) is 5.77. The molecule has 12 heavy (non-hydrogen) atoms. The van der Waals surface area contributed by atoms with Gasteiger partial charge in [0.05, 0.1) is 6.10 Å². The van der Waals surface area contributed by atoms with E-state index in [1.807, 2.05) is 18.2 Å². The quantitative estimate of drug-likeness (QED) is 0.492. The Hall–Kier alpha value is -1.22. The van der Waals surface area contributed by atoms with E-state index in [2.05, 4.69) is 5.32 Å². The van der Waals surface area contributed by atoms with Gasteiger partial charge in [-0.1, -0.05) is 6.07 Å². The minimum absolute atomic E-state index is 0.304. The van der Waals surface area contributed by atoms with Crippen molar-refractivity contribution in [1.29, 1.82) is 0 Å². The minimum Gasteiger partial charge on any atom is -0.398 e. The molecular formula is C9H12N2O. The highest BCUT2D eigenvalue weighted by molar-refractivity contribution is 5.65. The van der Waals surface area contributed by atoms with Gasteiger partial charge < -0.3 is 16.2 Å². The number of aliphatic hydroxyl groups excluding tert-OH is 1. The second-order valence-electron chi connectivity index (χ2n) is 3.11. The van der Waals surface area contributed by atoms with Crippen LogP contribution in [0.1, 0.15) is 5.56 Å². The van der Waals surface area contributed by atoms with E-state index in [1.165, 1.54) is 0 Å². The van der Waals surface area contributed by atoms with Crippen molar-refractivity contribution in [1.82, 2.24) is 0 Å². The van der Waals surface area contributed by atoms with Gasteiger partial charge >= 0.3 is 0 Å². The number of anilines is 2. The summed E-state index contributed by atoms with van der Waals surface area (Å²) in [5.74, 6) is 0. The third-order valence-electron chi connectivity index (χ3n) is 2.18. The Morgan fingerprint density at radius 3 is 3.17 bits per heavy atom. The van der Waals surface area contributed by atoms with E-state index < -0.39 is 0 Å². The number of nitrogen functional groups attached to an aromatic ring is 1. The van der Waals surface area contributed by atoms with Crippen molar-refractivity contribution >= 4 is 11.4 Å². The van der Waals surface area contributed by atoms with Crippen molar-refractivity contribution in [2.45, 2.75) is 12.5 Å². The highest BCUT2D eigenvalue weighted by atomic mass is 16.3. The summed E-state index contributed by atoms with van der Waals surface area (Å²) < 4.78 is 0. The molecule has 0 saturated carbocycles. The van der Waals surface area contributed by atoms with Crippen LogP contribution in [0, 0.1) is 0 Å². The molecule has 0 amide bonds. The Morgan fingerprint density at radius 1 is 1.50 bits per heavy atom. The summed E-state index contributed by atoms with van der Waals surface area (Å²) in [4.78, 5) is 0. The lowest BCUT2D eigenvalue weighted by atomic mass is 10.00. The maximum absolute atomic E-state index is 9.36. The van der Waals surface area contributed by atoms with E-state index >= 15 is 0 Å². The van der Waals surface area contributed by atoms with E-state index in [9.17, 15) is 5.11 Å². The molecule has 3 nitrogen and oxygen atoms in total. The van der Waals surface area contributed by atoms with Crippen LogP contribution in [0.25, 0.3) is 0 Å². The lowest BCUT2D eigenvalue weighted by Crippen LogP contribution is -2.28. The van der Waals surface area contributed by atoms with Crippen molar-refractivity contribution in [3.63, 3.8) is 0 Å². The molecule has 1 atom stereocenters. The second kappa shape index (κ2) is 2.68. The molecule has 0 saturated heterocycles. The van der Waals surface area contributed by atoms with Gasteiger partial charge in [-0.2, -0.15) is 0 Å². The van der Waals surface area contributed by atoms with Crippen LogP contribution >= 0.6 is 0 Å². The fourth-order valence-electron chi connectivity index (χ4n) is 1.53. The summed E-state index contributed by atoms with van der Waals surface area (Å²) in [6.45, 7) is 0.621. The molecule has 0 fully saturated rings. The molecular weight excluding hydrogens is 152 g/mol. The van der Waals surface area contributed by atoms with Crippen molar-refractivity contribution in [2.75, 3.05) is 17.6 Å². The monoisotopic (exact) mass is 164 g/mol. The van der Waals surface area contributed by atoms with Gasteiger partial charge in [-0.3, -0.25) is 0 Å². The zero-order valence-corrected chi connectivity index (χ0v) is 6.75. The van der Waals surface area contributed by atoms with E-state index in [-0.39, 0.29) is 6.10 Å². The highest BCUT2D eigenvalue weighted by Crippen LogP contribution is 2.26. The zero-order valence-electron chi connectivity index (χ0n) is 6.75. The summed E-state index contributed by atoms with van der Waals surface area (Å²) in [7, 11) is 0. The fourth-order valence-corrected chi connectivity index (χ4v) is 1.53. The van der Waals surface area contributed by atoms with Crippen LogP contribution < -0.4 is 11.1 Å². The zero-order chi connectivity index (χ0) is 8.55. The predicted molar refractivity (Wildman–Crippen MR) is 49.1 cm³/mol. The molecule has 0 aromatic heterocycles. The summed E-state index contributed by atoms with van der Waals surface area (Å²) >= 11 is 0. The maximum Gasteiger partial charge on any atom is 0.0754 e. The number of fused-ring (bicyclic) bond motifs is 1. The third-order valence-corrected chi connectivity index (χ3v) is 2.18. The van der Waals surface area contributed by atoms with Gasteiger partial charge in [0.2, 0.25) is 0 Å². The topological polar surface area (TPSA) is 58.3 Å². The number of hydrogen-bond donors (Lipinski definition) is 3. The van der Waals surface area contributed by atoms with E-state index in [0.717, 1.165) is 16.9 Å². The normalized spacial score (nSPS) is 21.2. The molecule has 0 radical (unpaired) electrons. The Bertz CT molecular complexity index is 299. The Labute approximate surface area is 71.2 Å². The Kier molecular flexibility index (Phi) is 1.66. The molecule has 1 aliphatic heterocycles. The van der Waals surface area contributed by atoms with E-state index in [1.54, 1.807) is 0 Å². The van der Waals surface area contributed by atoms with Crippen LogP contribution in [0.4, 0.5) is 11.4 Å². The lowest BCUT2D eigenvalue weighted by molar-refractivity contribution is 0.185. The molecule has 3 heteroatoms. The molecule has 1 aromatic carbocycles. The highest BCUT2D eigenvalue weighted by Gasteiger charge is 2.16. The van der Waals surface area contributed by atoms with Crippen LogP contribution in [0.2, 0.25) is 0 Å². The smallest absolute Gasteiger partial charge is 0.0754 e. The van der Waals surface area contributed by atoms with Gasteiger partial charge in [-0.05, 0) is 12.1 Å². The largest absolute Gasteiger partial charge is 0.398 e. The number of aliphatic hydroxyl groups is 1. The van der Waals surface area contributed by atoms with Gasteiger partial charge in [0.15, 0.2) is 0 Å².